The Labute approximate surface area is 196 Å². The Morgan fingerprint density at radius 2 is 0.485 bits per heavy atom. The van der Waals surface area contributed by atoms with E-state index in [0.717, 1.165) is 0 Å². The monoisotopic (exact) mass is 436 g/mol. The maximum absolute atomic E-state index is 2.51. The van der Waals surface area contributed by atoms with Gasteiger partial charge in [-0.15, -0.1) is 0 Å². The molecule has 0 unspecified atom stereocenters. The third-order valence-corrected chi connectivity index (χ3v) is 11.8. The van der Waals surface area contributed by atoms with Gasteiger partial charge < -0.3 is 0 Å². The minimum Gasteiger partial charge on any atom is -0.0622 e. The minimum absolute atomic E-state index is 1.32. The van der Waals surface area contributed by atoms with E-state index < -0.39 is 8.07 Å². The first kappa shape index (κ1) is 19.7. The number of hydrogen-bond donors (Lipinski definition) is 0. The third kappa shape index (κ3) is 3.13. The van der Waals surface area contributed by atoms with Crippen LogP contribution in [0.15, 0.2) is 146 Å². The van der Waals surface area contributed by atoms with Gasteiger partial charge >= 0.3 is 0 Å². The lowest BCUT2D eigenvalue weighted by Gasteiger charge is -2.36. The first-order valence-electron chi connectivity index (χ1n) is 11.5. The molecule has 0 fully saturated rings. The predicted octanol–water partition coefficient (Wildman–Crippen LogP) is 7.95. The Balaban J connectivity index is 1.66. The summed E-state index contributed by atoms with van der Waals surface area (Å²) < 4.78 is 0. The molecule has 0 amide bonds. The molecular formula is C32H24Si. The van der Waals surface area contributed by atoms with Crippen LogP contribution >= 0.6 is 0 Å². The molecule has 33 heavy (non-hydrogen) atoms. The normalized spacial score (nSPS) is 16.2. The van der Waals surface area contributed by atoms with Crippen LogP contribution in [-0.2, 0) is 0 Å². The molecule has 4 aromatic rings. The molecule has 0 aliphatic carbocycles. The van der Waals surface area contributed by atoms with E-state index in [1.54, 1.807) is 0 Å². The first-order chi connectivity index (χ1) is 16.4. The lowest BCUT2D eigenvalue weighted by molar-refractivity contribution is 1.61. The highest BCUT2D eigenvalue weighted by atomic mass is 28.3. The van der Waals surface area contributed by atoms with E-state index in [1.165, 1.54) is 43.0 Å². The Bertz CT molecular complexity index is 1180. The van der Waals surface area contributed by atoms with Crippen molar-refractivity contribution in [2.75, 3.05) is 0 Å². The Hall–Kier alpha value is -3.94. The maximum atomic E-state index is 2.39. The van der Waals surface area contributed by atoms with Crippen LogP contribution in [0.2, 0.25) is 0 Å². The Morgan fingerprint density at radius 3 is 0.697 bits per heavy atom. The molecule has 2 aliphatic rings. The van der Waals surface area contributed by atoms with Crippen LogP contribution in [0.25, 0.3) is 20.8 Å². The highest BCUT2D eigenvalue weighted by molar-refractivity contribution is 7.33. The second kappa shape index (κ2) is 8.20. The molecule has 156 valence electrons. The summed E-state index contributed by atoms with van der Waals surface area (Å²) in [6, 6.07) is 43.9. The predicted molar refractivity (Wildman–Crippen MR) is 143 cm³/mol. The molecule has 0 bridgehead atoms. The summed E-state index contributed by atoms with van der Waals surface area (Å²) in [6.07, 6.45) is 9.57. The maximum Gasteiger partial charge on any atom is 0.182 e. The third-order valence-electron chi connectivity index (χ3n) is 6.79. The van der Waals surface area contributed by atoms with Gasteiger partial charge in [-0.05, 0) is 43.0 Å². The van der Waals surface area contributed by atoms with Gasteiger partial charge in [0, 0.05) is 0 Å². The minimum atomic E-state index is -2.51. The van der Waals surface area contributed by atoms with E-state index in [0.29, 0.717) is 0 Å². The van der Waals surface area contributed by atoms with Gasteiger partial charge in [0.1, 0.15) is 0 Å². The number of hydrogen-bond acceptors (Lipinski definition) is 0. The van der Waals surface area contributed by atoms with Crippen molar-refractivity contribution in [1.82, 2.24) is 0 Å². The van der Waals surface area contributed by atoms with Crippen LogP contribution in [0.5, 0.6) is 0 Å². The standard InChI is InChI=1S/C32H24Si/c1-5-13-25(14-6-1)29-21-22-30(26-15-7-2-8-16-26)33(29)31(27-17-9-3-10-18-27)23-24-32(33)28-19-11-4-12-20-28/h1-24H. The van der Waals surface area contributed by atoms with Crippen molar-refractivity contribution in [2.45, 2.75) is 0 Å². The van der Waals surface area contributed by atoms with Crippen LogP contribution in [0, 0.1) is 0 Å². The molecule has 2 aliphatic heterocycles. The quantitative estimate of drug-likeness (QED) is 0.285. The molecular weight excluding hydrogens is 412 g/mol. The zero-order valence-corrected chi connectivity index (χ0v) is 19.4. The summed E-state index contributed by atoms with van der Waals surface area (Å²) in [7, 11) is -2.51. The van der Waals surface area contributed by atoms with Crippen molar-refractivity contribution in [3.63, 3.8) is 0 Å². The van der Waals surface area contributed by atoms with Crippen LogP contribution in [0.1, 0.15) is 22.3 Å². The van der Waals surface area contributed by atoms with E-state index in [-0.39, 0.29) is 0 Å². The zero-order valence-electron chi connectivity index (χ0n) is 18.4. The molecule has 2 heterocycles. The summed E-state index contributed by atoms with van der Waals surface area (Å²) in [5.41, 5.74) is 5.27. The second-order valence-electron chi connectivity index (χ2n) is 8.54. The first-order valence-corrected chi connectivity index (χ1v) is 13.5. The molecule has 0 atom stereocenters. The fourth-order valence-electron chi connectivity index (χ4n) is 5.43. The van der Waals surface area contributed by atoms with Gasteiger partial charge in [0.05, 0.1) is 0 Å². The largest absolute Gasteiger partial charge is 0.182 e. The fourth-order valence-corrected chi connectivity index (χ4v) is 10.9. The molecule has 0 saturated carbocycles. The van der Waals surface area contributed by atoms with Gasteiger partial charge in [-0.2, -0.15) is 0 Å². The highest BCUT2D eigenvalue weighted by Crippen LogP contribution is 2.57. The summed E-state index contributed by atoms with van der Waals surface area (Å²) in [6.45, 7) is 0. The van der Waals surface area contributed by atoms with E-state index in [1.807, 2.05) is 0 Å². The summed E-state index contributed by atoms with van der Waals surface area (Å²) >= 11 is 0. The Kier molecular flexibility index (Phi) is 4.90. The van der Waals surface area contributed by atoms with Gasteiger partial charge in [0.25, 0.3) is 0 Å². The highest BCUT2D eigenvalue weighted by Gasteiger charge is 2.52. The number of allylic oxidation sites excluding steroid dienone is 4. The molecule has 6 rings (SSSR count). The fraction of sp³-hybridized carbons (Fsp3) is 0. The van der Waals surface area contributed by atoms with Gasteiger partial charge in [-0.25, -0.2) is 0 Å². The van der Waals surface area contributed by atoms with Gasteiger partial charge in [0.15, 0.2) is 8.07 Å². The molecule has 0 radical (unpaired) electrons. The van der Waals surface area contributed by atoms with Crippen molar-refractivity contribution in [3.8, 4) is 0 Å². The zero-order chi connectivity index (χ0) is 22.1. The topological polar surface area (TPSA) is 0 Å². The lowest BCUT2D eigenvalue weighted by Crippen LogP contribution is -2.39. The van der Waals surface area contributed by atoms with Crippen LogP contribution < -0.4 is 0 Å². The van der Waals surface area contributed by atoms with Crippen LogP contribution in [0.3, 0.4) is 0 Å². The average molecular weight is 437 g/mol. The van der Waals surface area contributed by atoms with Gasteiger partial charge in [0.2, 0.25) is 0 Å². The van der Waals surface area contributed by atoms with Crippen LogP contribution in [-0.4, -0.2) is 8.07 Å². The second-order valence-corrected chi connectivity index (χ2v) is 12.2. The van der Waals surface area contributed by atoms with E-state index in [4.69, 9.17) is 0 Å². The molecule has 0 aromatic heterocycles. The molecule has 4 aromatic carbocycles. The number of benzene rings is 4. The summed E-state index contributed by atoms with van der Waals surface area (Å²) in [5.74, 6) is 0. The molecule has 1 spiro atoms. The smallest absolute Gasteiger partial charge is 0.0622 e. The molecule has 0 N–H and O–H groups in total. The number of rotatable bonds is 4. The van der Waals surface area contributed by atoms with Crippen LogP contribution in [0.4, 0.5) is 0 Å². The SMILES string of the molecule is C1=C(c2ccccc2)[Si]2(C(c3ccccc3)=C1)C(c1ccccc1)=CC=C2c1ccccc1. The van der Waals surface area contributed by atoms with Crippen molar-refractivity contribution in [3.05, 3.63) is 168 Å². The lowest BCUT2D eigenvalue weighted by atomic mass is 10.2. The van der Waals surface area contributed by atoms with Crippen molar-refractivity contribution in [2.24, 2.45) is 0 Å². The molecule has 0 nitrogen and oxygen atoms in total. The van der Waals surface area contributed by atoms with E-state index in [9.17, 15) is 0 Å². The van der Waals surface area contributed by atoms with Gasteiger partial charge in [-0.1, -0.05) is 146 Å². The van der Waals surface area contributed by atoms with Crippen molar-refractivity contribution < 1.29 is 0 Å². The van der Waals surface area contributed by atoms with Crippen molar-refractivity contribution >= 4 is 28.9 Å². The van der Waals surface area contributed by atoms with Gasteiger partial charge in [-0.3, -0.25) is 0 Å². The summed E-state index contributed by atoms with van der Waals surface area (Å²) in [5, 5.41) is 5.85. The average Bonchev–Trinajstić information content (AvgIpc) is 3.48. The molecule has 1 heteroatoms. The van der Waals surface area contributed by atoms with E-state index >= 15 is 0 Å². The molecule has 0 saturated heterocycles. The summed E-state index contributed by atoms with van der Waals surface area (Å²) in [4.78, 5) is 0. The van der Waals surface area contributed by atoms with E-state index in [2.05, 4.69) is 146 Å². The van der Waals surface area contributed by atoms with Crippen molar-refractivity contribution in [1.29, 1.82) is 0 Å². The Morgan fingerprint density at radius 1 is 0.273 bits per heavy atom.